The maximum Gasteiger partial charge on any atom is 0.416 e. The Morgan fingerprint density at radius 3 is 2.52 bits per heavy atom. The van der Waals surface area contributed by atoms with Crippen LogP contribution in [-0.4, -0.2) is 55.6 Å². The van der Waals surface area contributed by atoms with Crippen molar-refractivity contribution in [3.05, 3.63) is 34.4 Å². The molecule has 1 fully saturated rings. The number of ether oxygens (including phenoxy) is 1. The number of hydrogen-bond acceptors (Lipinski definition) is 4. The van der Waals surface area contributed by atoms with E-state index in [0.29, 0.717) is 18.0 Å². The van der Waals surface area contributed by atoms with Crippen molar-refractivity contribution in [2.45, 2.75) is 37.9 Å². The Morgan fingerprint density at radius 2 is 2.00 bits per heavy atom. The smallest absolute Gasteiger partial charge is 0.416 e. The number of nitrogens with zero attached hydrogens (tertiary/aromatic N) is 2. The normalized spacial score (nSPS) is 19.5. The number of benzene rings is 1. The molecule has 0 spiro atoms. The van der Waals surface area contributed by atoms with E-state index < -0.39 is 17.7 Å². The van der Waals surface area contributed by atoms with Gasteiger partial charge in [0.05, 0.1) is 18.2 Å². The van der Waals surface area contributed by atoms with E-state index in [1.54, 1.807) is 0 Å². The molecule has 1 aliphatic heterocycles. The molecule has 0 bridgehead atoms. The predicted octanol–water partition coefficient (Wildman–Crippen LogP) is 4.16. The highest BCUT2D eigenvalue weighted by Gasteiger charge is 2.36. The first-order valence-corrected chi connectivity index (χ1v) is 10.0. The van der Waals surface area contributed by atoms with E-state index in [4.69, 9.17) is 4.74 Å². The van der Waals surface area contributed by atoms with Crippen molar-refractivity contribution in [1.82, 2.24) is 9.80 Å². The molecule has 0 unspecified atom stereocenters. The second-order valence-corrected chi connectivity index (χ2v) is 7.90. The van der Waals surface area contributed by atoms with Gasteiger partial charge in [0.25, 0.3) is 0 Å². The Morgan fingerprint density at radius 1 is 1.33 bits per heavy atom. The highest BCUT2D eigenvalue weighted by molar-refractivity contribution is 9.08. The number of rotatable bonds is 5. The van der Waals surface area contributed by atoms with E-state index in [0.717, 1.165) is 19.6 Å². The molecule has 27 heavy (non-hydrogen) atoms. The molecular weight excluding hydrogens is 425 g/mol. The van der Waals surface area contributed by atoms with Gasteiger partial charge in [-0.05, 0) is 36.2 Å². The van der Waals surface area contributed by atoms with Crippen molar-refractivity contribution in [2.24, 2.45) is 5.92 Å². The summed E-state index contributed by atoms with van der Waals surface area (Å²) in [6.45, 7) is 7.10. The second kappa shape index (κ2) is 8.92. The minimum atomic E-state index is -4.54. The van der Waals surface area contributed by atoms with Gasteiger partial charge in [-0.3, -0.25) is 4.90 Å². The van der Waals surface area contributed by atoms with E-state index in [1.165, 1.54) is 19.2 Å². The largest absolute Gasteiger partial charge is 0.465 e. The molecule has 1 aromatic rings. The molecule has 1 atom stereocenters. The van der Waals surface area contributed by atoms with Crippen LogP contribution in [0.1, 0.15) is 40.9 Å². The van der Waals surface area contributed by atoms with E-state index in [2.05, 4.69) is 46.6 Å². The van der Waals surface area contributed by atoms with Gasteiger partial charge in [0.1, 0.15) is 0 Å². The lowest BCUT2D eigenvalue weighted by Gasteiger charge is -2.42. The Bertz CT molecular complexity index is 680. The summed E-state index contributed by atoms with van der Waals surface area (Å²) in [6.07, 6.45) is -4.54. The number of carbonyl (C=O) groups excluding carboxylic acids is 1. The first-order chi connectivity index (χ1) is 12.6. The summed E-state index contributed by atoms with van der Waals surface area (Å²) in [6, 6.07) is 2.95. The Kier molecular flexibility index (Phi) is 7.33. The molecule has 0 radical (unpaired) electrons. The van der Waals surface area contributed by atoms with Crippen LogP contribution >= 0.6 is 15.9 Å². The fraction of sp³-hybridized carbons (Fsp3) is 0.632. The molecule has 1 heterocycles. The highest BCUT2D eigenvalue weighted by Crippen LogP contribution is 2.36. The summed E-state index contributed by atoms with van der Waals surface area (Å²) in [7, 11) is 3.23. The summed E-state index contributed by atoms with van der Waals surface area (Å²) in [5.74, 6) is -0.382. The molecule has 2 rings (SSSR count). The monoisotopic (exact) mass is 450 g/mol. The maximum absolute atomic E-state index is 13.6. The highest BCUT2D eigenvalue weighted by atomic mass is 79.9. The lowest BCUT2D eigenvalue weighted by Crippen LogP contribution is -2.53. The van der Waals surface area contributed by atoms with Crippen LogP contribution in [0.25, 0.3) is 0 Å². The number of alkyl halides is 4. The van der Waals surface area contributed by atoms with Gasteiger partial charge in [0.15, 0.2) is 0 Å². The molecule has 0 N–H and O–H groups in total. The summed E-state index contributed by atoms with van der Waals surface area (Å²) in [5, 5.41) is -0.0737. The van der Waals surface area contributed by atoms with Crippen LogP contribution in [0.15, 0.2) is 12.1 Å². The maximum atomic E-state index is 13.6. The zero-order valence-corrected chi connectivity index (χ0v) is 17.7. The van der Waals surface area contributed by atoms with Crippen LogP contribution in [0.4, 0.5) is 13.2 Å². The minimum Gasteiger partial charge on any atom is -0.465 e. The Labute approximate surface area is 166 Å². The number of halogens is 4. The van der Waals surface area contributed by atoms with Crippen LogP contribution in [0.2, 0.25) is 0 Å². The van der Waals surface area contributed by atoms with Gasteiger partial charge >= 0.3 is 12.1 Å². The van der Waals surface area contributed by atoms with Gasteiger partial charge in [0, 0.05) is 37.6 Å². The zero-order chi connectivity index (χ0) is 20.4. The predicted molar refractivity (Wildman–Crippen MR) is 102 cm³/mol. The number of carbonyl (C=O) groups is 1. The van der Waals surface area contributed by atoms with Gasteiger partial charge in [-0.15, -0.1) is 0 Å². The van der Waals surface area contributed by atoms with Gasteiger partial charge in [-0.2, -0.15) is 13.2 Å². The number of esters is 1. The first-order valence-electron chi connectivity index (χ1n) is 8.88. The van der Waals surface area contributed by atoms with E-state index in [1.807, 2.05) is 0 Å². The zero-order valence-electron chi connectivity index (χ0n) is 16.1. The molecule has 1 aromatic carbocycles. The van der Waals surface area contributed by atoms with Crippen LogP contribution in [0, 0.1) is 5.92 Å². The quantitative estimate of drug-likeness (QED) is 0.498. The van der Waals surface area contributed by atoms with Crippen LogP contribution in [-0.2, 0) is 22.8 Å². The van der Waals surface area contributed by atoms with Crippen molar-refractivity contribution in [1.29, 1.82) is 0 Å². The molecule has 0 aliphatic carbocycles. The van der Waals surface area contributed by atoms with Crippen molar-refractivity contribution < 1.29 is 22.7 Å². The van der Waals surface area contributed by atoms with E-state index in [-0.39, 0.29) is 22.5 Å². The lowest BCUT2D eigenvalue weighted by molar-refractivity contribution is -0.138. The fourth-order valence-electron chi connectivity index (χ4n) is 3.57. The summed E-state index contributed by atoms with van der Waals surface area (Å²) in [5.41, 5.74) is -0.429. The minimum absolute atomic E-state index is 0.0329. The number of methoxy groups -OCH3 is 1. The van der Waals surface area contributed by atoms with Crippen molar-refractivity contribution in [2.75, 3.05) is 33.8 Å². The standard InChI is InChI=1S/C19H26BrF3N2O2/c1-12(2)17-11-24(3)5-6-25(17)10-13-7-14(18(26)27-4)15(9-20)16(8-13)19(21,22)23/h7-8,12,17H,5-6,9-11H2,1-4H3/t17-/m1/s1. The molecular formula is C19H26BrF3N2O2. The Hall–Kier alpha value is -1.12. The van der Waals surface area contributed by atoms with Gasteiger partial charge in [-0.25, -0.2) is 4.79 Å². The summed E-state index contributed by atoms with van der Waals surface area (Å²) < 4.78 is 45.5. The third-order valence-electron chi connectivity index (χ3n) is 5.05. The average Bonchev–Trinajstić information content (AvgIpc) is 2.60. The van der Waals surface area contributed by atoms with Crippen molar-refractivity contribution in [3.8, 4) is 0 Å². The van der Waals surface area contributed by atoms with Crippen LogP contribution in [0.3, 0.4) is 0 Å². The third-order valence-corrected chi connectivity index (χ3v) is 5.61. The molecule has 1 aliphatic rings. The molecule has 8 heteroatoms. The Balaban J connectivity index is 2.45. The number of likely N-dealkylation sites (N-methyl/N-ethyl adjacent to an activating group) is 1. The average molecular weight is 451 g/mol. The summed E-state index contributed by atoms with van der Waals surface area (Å²) >= 11 is 3.08. The fourth-order valence-corrected chi connectivity index (χ4v) is 4.17. The molecule has 0 saturated carbocycles. The SMILES string of the molecule is COC(=O)c1cc(CN2CCN(C)C[C@@H]2C(C)C)cc(C(F)(F)F)c1CBr. The van der Waals surface area contributed by atoms with Crippen molar-refractivity contribution in [3.63, 3.8) is 0 Å². The molecule has 152 valence electrons. The first kappa shape index (κ1) is 22.2. The molecule has 0 amide bonds. The van der Waals surface area contributed by atoms with Gasteiger partial charge in [-0.1, -0.05) is 29.8 Å². The summed E-state index contributed by atoms with van der Waals surface area (Å²) in [4.78, 5) is 16.5. The van der Waals surface area contributed by atoms with Crippen LogP contribution in [0.5, 0.6) is 0 Å². The second-order valence-electron chi connectivity index (χ2n) is 7.34. The van der Waals surface area contributed by atoms with Gasteiger partial charge < -0.3 is 9.64 Å². The lowest BCUT2D eigenvalue weighted by atomic mass is 9.95. The van der Waals surface area contributed by atoms with E-state index in [9.17, 15) is 18.0 Å². The number of hydrogen-bond donors (Lipinski definition) is 0. The van der Waals surface area contributed by atoms with E-state index >= 15 is 0 Å². The number of piperazine rings is 1. The van der Waals surface area contributed by atoms with Crippen molar-refractivity contribution >= 4 is 21.9 Å². The third kappa shape index (κ3) is 5.23. The van der Waals surface area contributed by atoms with Gasteiger partial charge in [0.2, 0.25) is 0 Å². The van der Waals surface area contributed by atoms with Crippen LogP contribution < -0.4 is 0 Å². The topological polar surface area (TPSA) is 32.8 Å². The molecule has 0 aromatic heterocycles. The molecule has 1 saturated heterocycles. The molecule has 4 nitrogen and oxygen atoms in total.